The van der Waals surface area contributed by atoms with Crippen molar-refractivity contribution in [1.29, 1.82) is 0 Å². The summed E-state index contributed by atoms with van der Waals surface area (Å²) < 4.78 is 1.95. The first-order valence-corrected chi connectivity index (χ1v) is 5.63. The molecule has 17 heavy (non-hydrogen) atoms. The molecule has 84 valence electrons. The second-order valence-corrected chi connectivity index (χ2v) is 4.22. The quantitative estimate of drug-likeness (QED) is 0.668. The van der Waals surface area contributed by atoms with Gasteiger partial charge in [0.2, 0.25) is 0 Å². The summed E-state index contributed by atoms with van der Waals surface area (Å²) in [6.07, 6.45) is 2.55. The fraction of sp³-hybridized carbons (Fsp3) is 0.143. The lowest BCUT2D eigenvalue weighted by Crippen LogP contribution is -1.98. The second-order valence-electron chi connectivity index (χ2n) is 4.22. The number of fused-ring (bicyclic) bond motifs is 1. The summed E-state index contributed by atoms with van der Waals surface area (Å²) in [5.74, 6) is 0.986. The topological polar surface area (TPSA) is 30.7 Å². The Labute approximate surface area is 99.7 Å². The van der Waals surface area contributed by atoms with Crippen molar-refractivity contribution < 1.29 is 0 Å². The molecule has 0 spiro atoms. The molecular weight excluding hydrogens is 210 g/mol. The Balaban J connectivity index is 1.99. The molecule has 0 saturated heterocycles. The van der Waals surface area contributed by atoms with Gasteiger partial charge in [-0.05, 0) is 16.3 Å². The van der Waals surface area contributed by atoms with Crippen LogP contribution in [-0.4, -0.2) is 14.8 Å². The van der Waals surface area contributed by atoms with Gasteiger partial charge in [0.1, 0.15) is 12.2 Å². The van der Waals surface area contributed by atoms with Crippen molar-refractivity contribution in [2.75, 3.05) is 0 Å². The average Bonchev–Trinajstić information content (AvgIpc) is 2.75. The van der Waals surface area contributed by atoms with Gasteiger partial charge in [0.15, 0.2) is 0 Å². The Morgan fingerprint density at radius 3 is 2.65 bits per heavy atom. The fourth-order valence-corrected chi connectivity index (χ4v) is 2.00. The zero-order chi connectivity index (χ0) is 11.7. The van der Waals surface area contributed by atoms with E-state index in [4.69, 9.17) is 0 Å². The minimum atomic E-state index is 0.821. The number of aromatic nitrogens is 3. The Hall–Kier alpha value is -2.16. The minimum Gasteiger partial charge on any atom is -0.320 e. The monoisotopic (exact) mass is 223 g/mol. The van der Waals surface area contributed by atoms with Crippen LogP contribution in [0.2, 0.25) is 0 Å². The molecule has 0 radical (unpaired) electrons. The molecule has 0 N–H and O–H groups in total. The summed E-state index contributed by atoms with van der Waals surface area (Å²) in [7, 11) is 1.97. The number of benzene rings is 2. The summed E-state index contributed by atoms with van der Waals surface area (Å²) in [6, 6.07) is 14.9. The van der Waals surface area contributed by atoms with Crippen LogP contribution < -0.4 is 0 Å². The SMILES string of the molecule is Cn1cnnc1Cc1ccc2ccccc2c1. The fourth-order valence-electron chi connectivity index (χ4n) is 2.00. The van der Waals surface area contributed by atoms with E-state index in [1.165, 1.54) is 16.3 Å². The van der Waals surface area contributed by atoms with E-state index in [2.05, 4.69) is 52.7 Å². The van der Waals surface area contributed by atoms with Crippen LogP contribution in [0.1, 0.15) is 11.4 Å². The largest absolute Gasteiger partial charge is 0.320 e. The predicted octanol–water partition coefficient (Wildman–Crippen LogP) is 2.56. The van der Waals surface area contributed by atoms with E-state index in [0.29, 0.717) is 0 Å². The Morgan fingerprint density at radius 2 is 1.88 bits per heavy atom. The first-order valence-electron chi connectivity index (χ1n) is 5.63. The van der Waals surface area contributed by atoms with Crippen LogP contribution in [0.3, 0.4) is 0 Å². The van der Waals surface area contributed by atoms with Crippen LogP contribution >= 0.6 is 0 Å². The van der Waals surface area contributed by atoms with Crippen molar-refractivity contribution in [1.82, 2.24) is 14.8 Å². The highest BCUT2D eigenvalue weighted by Gasteiger charge is 2.03. The lowest BCUT2D eigenvalue weighted by atomic mass is 10.1. The molecule has 0 atom stereocenters. The highest BCUT2D eigenvalue weighted by molar-refractivity contribution is 5.83. The van der Waals surface area contributed by atoms with Crippen molar-refractivity contribution in [3.05, 3.63) is 60.2 Å². The van der Waals surface area contributed by atoms with Crippen LogP contribution in [0.5, 0.6) is 0 Å². The minimum absolute atomic E-state index is 0.821. The summed E-state index contributed by atoms with van der Waals surface area (Å²) in [5, 5.41) is 10.5. The normalized spacial score (nSPS) is 10.9. The zero-order valence-electron chi connectivity index (χ0n) is 9.67. The number of nitrogens with zero attached hydrogens (tertiary/aromatic N) is 3. The van der Waals surface area contributed by atoms with Gasteiger partial charge in [-0.25, -0.2) is 0 Å². The molecule has 0 aliphatic heterocycles. The third-order valence-corrected chi connectivity index (χ3v) is 2.98. The summed E-state index contributed by atoms with van der Waals surface area (Å²) >= 11 is 0. The summed E-state index contributed by atoms with van der Waals surface area (Å²) in [5.41, 5.74) is 1.26. The van der Waals surface area contributed by atoms with E-state index in [1.54, 1.807) is 6.33 Å². The van der Waals surface area contributed by atoms with Gasteiger partial charge in [0.25, 0.3) is 0 Å². The van der Waals surface area contributed by atoms with Crippen molar-refractivity contribution >= 4 is 10.8 Å². The van der Waals surface area contributed by atoms with Crippen LogP contribution in [-0.2, 0) is 13.5 Å². The van der Waals surface area contributed by atoms with E-state index in [-0.39, 0.29) is 0 Å². The molecule has 1 aromatic heterocycles. The molecule has 0 amide bonds. The van der Waals surface area contributed by atoms with Gasteiger partial charge >= 0.3 is 0 Å². The average molecular weight is 223 g/mol. The van der Waals surface area contributed by atoms with E-state index in [0.717, 1.165) is 12.2 Å². The highest BCUT2D eigenvalue weighted by atomic mass is 15.2. The maximum absolute atomic E-state index is 4.10. The number of rotatable bonds is 2. The first-order chi connectivity index (χ1) is 8.33. The zero-order valence-corrected chi connectivity index (χ0v) is 9.67. The lowest BCUT2D eigenvalue weighted by molar-refractivity contribution is 0.822. The van der Waals surface area contributed by atoms with Crippen LogP contribution in [0.25, 0.3) is 10.8 Å². The maximum Gasteiger partial charge on any atom is 0.136 e. The van der Waals surface area contributed by atoms with Crippen molar-refractivity contribution in [3.8, 4) is 0 Å². The van der Waals surface area contributed by atoms with Crippen molar-refractivity contribution in [3.63, 3.8) is 0 Å². The standard InChI is InChI=1S/C14H13N3/c1-17-10-15-16-14(17)9-11-6-7-12-4-2-3-5-13(12)8-11/h2-8,10H,9H2,1H3. The lowest BCUT2D eigenvalue weighted by Gasteiger charge is -2.03. The van der Waals surface area contributed by atoms with Gasteiger partial charge in [-0.1, -0.05) is 42.5 Å². The molecule has 3 aromatic rings. The molecule has 3 rings (SSSR count). The first kappa shape index (κ1) is 10.0. The highest BCUT2D eigenvalue weighted by Crippen LogP contribution is 2.17. The van der Waals surface area contributed by atoms with Gasteiger partial charge < -0.3 is 4.57 Å². The Bertz CT molecular complexity index is 655. The molecule has 1 heterocycles. The predicted molar refractivity (Wildman–Crippen MR) is 67.8 cm³/mol. The Morgan fingerprint density at radius 1 is 1.06 bits per heavy atom. The van der Waals surface area contributed by atoms with Gasteiger partial charge in [-0.3, -0.25) is 0 Å². The van der Waals surface area contributed by atoms with E-state index in [1.807, 2.05) is 11.6 Å². The molecule has 0 unspecified atom stereocenters. The summed E-state index contributed by atoms with van der Waals surface area (Å²) in [6.45, 7) is 0. The molecule has 0 aliphatic carbocycles. The second kappa shape index (κ2) is 4.01. The molecule has 3 nitrogen and oxygen atoms in total. The van der Waals surface area contributed by atoms with Gasteiger partial charge in [-0.2, -0.15) is 0 Å². The van der Waals surface area contributed by atoms with Gasteiger partial charge in [0, 0.05) is 13.5 Å². The number of hydrogen-bond acceptors (Lipinski definition) is 2. The van der Waals surface area contributed by atoms with Crippen LogP contribution in [0.4, 0.5) is 0 Å². The molecule has 3 heteroatoms. The van der Waals surface area contributed by atoms with Crippen LogP contribution in [0.15, 0.2) is 48.8 Å². The molecule has 0 fully saturated rings. The number of aryl methyl sites for hydroxylation is 1. The molecule has 0 aliphatic rings. The molecule has 0 saturated carbocycles. The Kier molecular flexibility index (Phi) is 2.37. The molecular formula is C14H13N3. The summed E-state index contributed by atoms with van der Waals surface area (Å²) in [4.78, 5) is 0. The number of hydrogen-bond donors (Lipinski definition) is 0. The van der Waals surface area contributed by atoms with E-state index < -0.39 is 0 Å². The third-order valence-electron chi connectivity index (χ3n) is 2.98. The smallest absolute Gasteiger partial charge is 0.136 e. The van der Waals surface area contributed by atoms with Crippen molar-refractivity contribution in [2.45, 2.75) is 6.42 Å². The van der Waals surface area contributed by atoms with E-state index in [9.17, 15) is 0 Å². The third kappa shape index (κ3) is 1.91. The van der Waals surface area contributed by atoms with Gasteiger partial charge in [0.05, 0.1) is 0 Å². The molecule has 2 aromatic carbocycles. The van der Waals surface area contributed by atoms with Crippen molar-refractivity contribution in [2.24, 2.45) is 7.05 Å². The molecule has 0 bridgehead atoms. The van der Waals surface area contributed by atoms with Crippen LogP contribution in [0, 0.1) is 0 Å². The van der Waals surface area contributed by atoms with E-state index >= 15 is 0 Å². The van der Waals surface area contributed by atoms with Gasteiger partial charge in [-0.15, -0.1) is 10.2 Å². The maximum atomic E-state index is 4.10.